The van der Waals surface area contributed by atoms with Crippen LogP contribution >= 0.6 is 0 Å². The van der Waals surface area contributed by atoms with Gasteiger partial charge in [-0.05, 0) is 31.9 Å². The van der Waals surface area contributed by atoms with Crippen LogP contribution < -0.4 is 16.6 Å². The predicted molar refractivity (Wildman–Crippen MR) is 68.0 cm³/mol. The molecule has 4 N–H and O–H groups in total. The van der Waals surface area contributed by atoms with E-state index in [1.165, 1.54) is 0 Å². The molecular formula is C12H18N4O2. The standard InChI is InChI=1S/C12H18N4O2/c1-12(5-7-18-8-6-12)15-11(17)9-3-2-4-10(14-9)16-13/h2-4H,5-8,13H2,1H3,(H,14,16)(H,15,17). The van der Waals surface area contributed by atoms with Crippen LogP contribution in [0.1, 0.15) is 30.3 Å². The summed E-state index contributed by atoms with van der Waals surface area (Å²) in [4.78, 5) is 16.2. The number of rotatable bonds is 3. The van der Waals surface area contributed by atoms with Crippen LogP contribution in [0.25, 0.3) is 0 Å². The zero-order valence-electron chi connectivity index (χ0n) is 10.4. The maximum atomic E-state index is 12.1. The van der Waals surface area contributed by atoms with E-state index < -0.39 is 0 Å². The van der Waals surface area contributed by atoms with Crippen molar-refractivity contribution in [3.05, 3.63) is 23.9 Å². The number of hydrogen-bond donors (Lipinski definition) is 3. The van der Waals surface area contributed by atoms with E-state index in [0.717, 1.165) is 12.8 Å². The molecule has 0 radical (unpaired) electrons. The third-order valence-electron chi connectivity index (χ3n) is 3.14. The Bertz CT molecular complexity index is 430. The van der Waals surface area contributed by atoms with Crippen LogP contribution in [0.15, 0.2) is 18.2 Å². The molecule has 0 aromatic carbocycles. The molecular weight excluding hydrogens is 232 g/mol. The lowest BCUT2D eigenvalue weighted by Gasteiger charge is -2.34. The molecule has 1 aromatic heterocycles. The molecule has 2 heterocycles. The first-order valence-electron chi connectivity index (χ1n) is 5.97. The molecule has 1 saturated heterocycles. The zero-order valence-corrected chi connectivity index (χ0v) is 10.4. The van der Waals surface area contributed by atoms with Crippen molar-refractivity contribution in [1.82, 2.24) is 10.3 Å². The van der Waals surface area contributed by atoms with E-state index in [0.29, 0.717) is 24.7 Å². The second-order valence-electron chi connectivity index (χ2n) is 4.68. The summed E-state index contributed by atoms with van der Waals surface area (Å²) in [5.74, 6) is 5.56. The Kier molecular flexibility index (Phi) is 3.78. The maximum absolute atomic E-state index is 12.1. The van der Waals surface area contributed by atoms with Gasteiger partial charge >= 0.3 is 0 Å². The number of anilines is 1. The number of nitrogen functional groups attached to an aromatic ring is 1. The van der Waals surface area contributed by atoms with E-state index in [9.17, 15) is 4.79 Å². The minimum absolute atomic E-state index is 0.184. The first kappa shape index (κ1) is 12.8. The van der Waals surface area contributed by atoms with Crippen LogP contribution in [-0.2, 0) is 4.74 Å². The number of nitrogens with one attached hydrogen (secondary N) is 2. The van der Waals surface area contributed by atoms with Gasteiger partial charge in [0.2, 0.25) is 0 Å². The lowest BCUT2D eigenvalue weighted by molar-refractivity contribution is 0.0421. The summed E-state index contributed by atoms with van der Waals surface area (Å²) in [5, 5.41) is 3.01. The number of pyridine rings is 1. The summed E-state index contributed by atoms with van der Waals surface area (Å²) in [7, 11) is 0. The molecule has 18 heavy (non-hydrogen) atoms. The van der Waals surface area contributed by atoms with E-state index in [4.69, 9.17) is 10.6 Å². The van der Waals surface area contributed by atoms with Crippen molar-refractivity contribution < 1.29 is 9.53 Å². The highest BCUT2D eigenvalue weighted by Gasteiger charge is 2.29. The Morgan fingerprint density at radius 1 is 1.44 bits per heavy atom. The first-order valence-corrected chi connectivity index (χ1v) is 5.97. The first-order chi connectivity index (χ1) is 8.63. The zero-order chi connectivity index (χ0) is 13.0. The highest BCUT2D eigenvalue weighted by molar-refractivity contribution is 5.93. The van der Waals surface area contributed by atoms with Gasteiger partial charge in [-0.15, -0.1) is 0 Å². The van der Waals surface area contributed by atoms with Crippen LogP contribution in [0.3, 0.4) is 0 Å². The van der Waals surface area contributed by atoms with Gasteiger partial charge in [0, 0.05) is 18.8 Å². The molecule has 1 aromatic rings. The van der Waals surface area contributed by atoms with E-state index in [2.05, 4.69) is 15.7 Å². The third-order valence-corrected chi connectivity index (χ3v) is 3.14. The number of ether oxygens (including phenoxy) is 1. The quantitative estimate of drug-likeness (QED) is 0.542. The Morgan fingerprint density at radius 2 is 2.17 bits per heavy atom. The average molecular weight is 250 g/mol. The summed E-state index contributed by atoms with van der Waals surface area (Å²) in [6.45, 7) is 3.38. The lowest BCUT2D eigenvalue weighted by atomic mass is 9.92. The molecule has 0 unspecified atom stereocenters. The van der Waals surface area contributed by atoms with E-state index in [1.807, 2.05) is 6.92 Å². The van der Waals surface area contributed by atoms with Crippen LogP contribution in [-0.4, -0.2) is 29.6 Å². The summed E-state index contributed by atoms with van der Waals surface area (Å²) >= 11 is 0. The smallest absolute Gasteiger partial charge is 0.270 e. The molecule has 2 rings (SSSR count). The summed E-state index contributed by atoms with van der Waals surface area (Å²) in [5.41, 5.74) is 2.56. The number of hydrogen-bond acceptors (Lipinski definition) is 5. The number of hydrazine groups is 1. The van der Waals surface area contributed by atoms with Crippen molar-refractivity contribution in [2.45, 2.75) is 25.3 Å². The maximum Gasteiger partial charge on any atom is 0.270 e. The summed E-state index contributed by atoms with van der Waals surface area (Å²) in [6.07, 6.45) is 1.63. The van der Waals surface area contributed by atoms with Gasteiger partial charge in [0.25, 0.3) is 5.91 Å². The molecule has 1 aliphatic heterocycles. The predicted octanol–water partition coefficient (Wildman–Crippen LogP) is 0.666. The molecule has 1 aliphatic rings. The highest BCUT2D eigenvalue weighted by Crippen LogP contribution is 2.20. The molecule has 1 fully saturated rings. The number of amides is 1. The normalized spacial score (nSPS) is 18.1. The third kappa shape index (κ3) is 2.96. The Morgan fingerprint density at radius 3 is 2.83 bits per heavy atom. The Labute approximate surface area is 106 Å². The van der Waals surface area contributed by atoms with E-state index >= 15 is 0 Å². The number of carbonyl (C=O) groups is 1. The minimum Gasteiger partial charge on any atom is -0.381 e. The van der Waals surface area contributed by atoms with Crippen LogP contribution in [0, 0.1) is 0 Å². The van der Waals surface area contributed by atoms with Gasteiger partial charge in [-0.2, -0.15) is 0 Å². The molecule has 0 spiro atoms. The second-order valence-corrected chi connectivity index (χ2v) is 4.68. The van der Waals surface area contributed by atoms with Gasteiger partial charge < -0.3 is 15.5 Å². The van der Waals surface area contributed by atoms with Crippen LogP contribution in [0.4, 0.5) is 5.82 Å². The molecule has 6 nitrogen and oxygen atoms in total. The fraction of sp³-hybridized carbons (Fsp3) is 0.500. The molecule has 0 saturated carbocycles. The van der Waals surface area contributed by atoms with Crippen LogP contribution in [0.5, 0.6) is 0 Å². The molecule has 0 atom stereocenters. The van der Waals surface area contributed by atoms with Crippen molar-refractivity contribution in [3.8, 4) is 0 Å². The van der Waals surface area contributed by atoms with Gasteiger partial charge in [0.15, 0.2) is 0 Å². The van der Waals surface area contributed by atoms with Crippen LogP contribution in [0.2, 0.25) is 0 Å². The summed E-state index contributed by atoms with van der Waals surface area (Å²) < 4.78 is 5.30. The van der Waals surface area contributed by atoms with E-state index in [1.54, 1.807) is 18.2 Å². The van der Waals surface area contributed by atoms with Crippen molar-refractivity contribution in [3.63, 3.8) is 0 Å². The van der Waals surface area contributed by atoms with Crippen molar-refractivity contribution in [2.24, 2.45) is 5.84 Å². The second kappa shape index (κ2) is 5.32. The molecule has 0 bridgehead atoms. The van der Waals surface area contributed by atoms with Crippen molar-refractivity contribution in [2.75, 3.05) is 18.6 Å². The van der Waals surface area contributed by atoms with Crippen molar-refractivity contribution in [1.29, 1.82) is 0 Å². The van der Waals surface area contributed by atoms with E-state index in [-0.39, 0.29) is 11.4 Å². The fourth-order valence-electron chi connectivity index (χ4n) is 1.93. The number of aromatic nitrogens is 1. The van der Waals surface area contributed by atoms with Gasteiger partial charge in [0.05, 0.1) is 0 Å². The number of nitrogens with two attached hydrogens (primary N) is 1. The SMILES string of the molecule is CC1(NC(=O)c2cccc(NN)n2)CCOCC1. The largest absolute Gasteiger partial charge is 0.381 e. The molecule has 6 heteroatoms. The Balaban J connectivity index is 2.06. The minimum atomic E-state index is -0.219. The fourth-order valence-corrected chi connectivity index (χ4v) is 1.93. The highest BCUT2D eigenvalue weighted by atomic mass is 16.5. The molecule has 0 aliphatic carbocycles. The number of nitrogens with zero attached hydrogens (tertiary/aromatic N) is 1. The van der Waals surface area contributed by atoms with Gasteiger partial charge in [-0.1, -0.05) is 6.07 Å². The van der Waals surface area contributed by atoms with Crippen molar-refractivity contribution >= 4 is 11.7 Å². The molecule has 98 valence electrons. The van der Waals surface area contributed by atoms with Gasteiger partial charge in [-0.25, -0.2) is 10.8 Å². The Hall–Kier alpha value is -1.66. The lowest BCUT2D eigenvalue weighted by Crippen LogP contribution is -2.49. The number of carbonyl (C=O) groups excluding carboxylic acids is 1. The average Bonchev–Trinajstić information content (AvgIpc) is 2.39. The van der Waals surface area contributed by atoms with Gasteiger partial charge in [-0.3, -0.25) is 4.79 Å². The summed E-state index contributed by atoms with van der Waals surface area (Å²) in [6, 6.07) is 5.11. The monoisotopic (exact) mass is 250 g/mol. The molecule has 1 amide bonds. The van der Waals surface area contributed by atoms with Gasteiger partial charge in [0.1, 0.15) is 11.5 Å². The topological polar surface area (TPSA) is 89.3 Å².